The van der Waals surface area contributed by atoms with Crippen molar-refractivity contribution in [3.05, 3.63) is 113 Å². The summed E-state index contributed by atoms with van der Waals surface area (Å²) in [7, 11) is 0. The highest BCUT2D eigenvalue weighted by atomic mass is 32.2. The monoisotopic (exact) mass is 552 g/mol. The Kier molecular flexibility index (Phi) is 9.42. The summed E-state index contributed by atoms with van der Waals surface area (Å²) in [5.41, 5.74) is 6.30. The second kappa shape index (κ2) is 13.5. The minimum Gasteiger partial charge on any atom is -0.354 e. The molecule has 2 aromatic carbocycles. The molecule has 40 heavy (non-hydrogen) atoms. The van der Waals surface area contributed by atoms with E-state index in [1.807, 2.05) is 42.5 Å². The van der Waals surface area contributed by atoms with E-state index in [1.54, 1.807) is 18.0 Å². The van der Waals surface area contributed by atoms with Crippen LogP contribution in [0.3, 0.4) is 0 Å². The van der Waals surface area contributed by atoms with Gasteiger partial charge in [0, 0.05) is 80.2 Å². The number of carbonyl (C=O) groups excluding carboxylic acids is 1. The summed E-state index contributed by atoms with van der Waals surface area (Å²) in [5, 5.41) is 3.77. The van der Waals surface area contributed by atoms with Gasteiger partial charge in [-0.3, -0.25) is 14.7 Å². The van der Waals surface area contributed by atoms with Gasteiger partial charge in [0.2, 0.25) is 0 Å². The number of aromatic nitrogens is 3. The third-order valence-electron chi connectivity index (χ3n) is 7.24. The first-order chi connectivity index (χ1) is 19.5. The molecule has 0 atom stereocenters. The molecule has 0 aliphatic carbocycles. The molecule has 1 amide bonds. The Hall–Kier alpha value is -3.75. The number of rotatable bonds is 10. The van der Waals surface area contributed by atoms with Crippen LogP contribution < -0.4 is 10.2 Å². The van der Waals surface area contributed by atoms with Crippen molar-refractivity contribution in [3.8, 4) is 0 Å². The minimum atomic E-state index is -0.0684. The van der Waals surface area contributed by atoms with Gasteiger partial charge < -0.3 is 10.2 Å². The number of amides is 1. The van der Waals surface area contributed by atoms with Gasteiger partial charge in [0.15, 0.2) is 5.16 Å². The van der Waals surface area contributed by atoms with Crippen LogP contribution in [0.25, 0.3) is 0 Å². The van der Waals surface area contributed by atoms with E-state index in [4.69, 9.17) is 9.97 Å². The lowest BCUT2D eigenvalue weighted by Gasteiger charge is -2.36. The number of nitrogens with one attached hydrogen (secondary N) is 1. The summed E-state index contributed by atoms with van der Waals surface area (Å²) in [6, 6.07) is 24.3. The first-order valence-corrected chi connectivity index (χ1v) is 14.8. The number of thioether (sulfide) groups is 1. The van der Waals surface area contributed by atoms with E-state index in [1.165, 1.54) is 5.56 Å². The molecular weight excluding hydrogens is 516 g/mol. The molecule has 5 rings (SSSR count). The molecule has 1 aliphatic rings. The number of piperazine rings is 1. The van der Waals surface area contributed by atoms with E-state index in [0.29, 0.717) is 18.5 Å². The predicted molar refractivity (Wildman–Crippen MR) is 162 cm³/mol. The number of anilines is 1. The van der Waals surface area contributed by atoms with Gasteiger partial charge >= 0.3 is 0 Å². The van der Waals surface area contributed by atoms with Crippen molar-refractivity contribution in [3.63, 3.8) is 0 Å². The van der Waals surface area contributed by atoms with Crippen LogP contribution in [0.15, 0.2) is 84.1 Å². The molecule has 4 aromatic rings. The van der Waals surface area contributed by atoms with Crippen molar-refractivity contribution in [2.45, 2.75) is 37.7 Å². The summed E-state index contributed by atoms with van der Waals surface area (Å²) >= 11 is 1.64. The van der Waals surface area contributed by atoms with Gasteiger partial charge in [0.05, 0.1) is 0 Å². The SMILES string of the molecule is Cc1nc(SCc2ccc(C(=O)NCCc3ccccn3)cc2)nc(N2CCN(Cc3ccccc3)CC2)c1C. The van der Waals surface area contributed by atoms with Crippen molar-refractivity contribution >= 4 is 23.5 Å². The van der Waals surface area contributed by atoms with Crippen molar-refractivity contribution in [2.24, 2.45) is 0 Å². The van der Waals surface area contributed by atoms with Crippen LogP contribution in [-0.2, 0) is 18.7 Å². The van der Waals surface area contributed by atoms with Crippen LogP contribution in [0.1, 0.15) is 38.4 Å². The molecule has 8 heteroatoms. The first kappa shape index (κ1) is 27.8. The summed E-state index contributed by atoms with van der Waals surface area (Å²) in [6.45, 7) is 9.68. The smallest absolute Gasteiger partial charge is 0.251 e. The zero-order valence-corrected chi connectivity index (χ0v) is 24.0. The highest BCUT2D eigenvalue weighted by Crippen LogP contribution is 2.27. The zero-order valence-electron chi connectivity index (χ0n) is 23.2. The molecule has 1 aliphatic heterocycles. The number of pyridine rings is 1. The molecule has 206 valence electrons. The van der Waals surface area contributed by atoms with Gasteiger partial charge in [-0.25, -0.2) is 9.97 Å². The Labute approximate surface area is 241 Å². The van der Waals surface area contributed by atoms with Gasteiger partial charge in [-0.15, -0.1) is 0 Å². The Morgan fingerprint density at radius 3 is 2.35 bits per heavy atom. The molecule has 0 bridgehead atoms. The van der Waals surface area contributed by atoms with Crippen LogP contribution in [0.5, 0.6) is 0 Å². The lowest BCUT2D eigenvalue weighted by Crippen LogP contribution is -2.46. The number of aryl methyl sites for hydroxylation is 1. The fourth-order valence-electron chi connectivity index (χ4n) is 4.77. The normalized spacial score (nSPS) is 13.8. The van der Waals surface area contributed by atoms with Gasteiger partial charge in [0.25, 0.3) is 5.91 Å². The Bertz CT molecular complexity index is 1390. The van der Waals surface area contributed by atoms with Crippen molar-refractivity contribution < 1.29 is 4.79 Å². The number of benzene rings is 2. The van der Waals surface area contributed by atoms with Crippen molar-refractivity contribution in [2.75, 3.05) is 37.6 Å². The van der Waals surface area contributed by atoms with Crippen molar-refractivity contribution in [1.29, 1.82) is 0 Å². The van der Waals surface area contributed by atoms with Gasteiger partial charge in [-0.05, 0) is 49.2 Å². The Morgan fingerprint density at radius 1 is 0.875 bits per heavy atom. The number of hydrogen-bond acceptors (Lipinski definition) is 7. The number of nitrogens with zero attached hydrogens (tertiary/aromatic N) is 5. The fraction of sp³-hybridized carbons (Fsp3) is 0.312. The third-order valence-corrected chi connectivity index (χ3v) is 8.16. The standard InChI is InChI=1S/C32H36N6OS/c1-24-25(2)35-32(36-30(24)38-20-18-37(19-21-38)22-26-8-4-3-5-9-26)40-23-27-11-13-28(14-12-27)31(39)34-17-15-29-10-6-7-16-33-29/h3-14,16H,15,17-23H2,1-2H3,(H,34,39). The van der Waals surface area contributed by atoms with E-state index in [9.17, 15) is 4.79 Å². The molecule has 0 radical (unpaired) electrons. The lowest BCUT2D eigenvalue weighted by atomic mass is 10.1. The molecule has 1 saturated heterocycles. The summed E-state index contributed by atoms with van der Waals surface area (Å²) in [5.74, 6) is 1.72. The minimum absolute atomic E-state index is 0.0684. The zero-order chi connectivity index (χ0) is 27.7. The van der Waals surface area contributed by atoms with E-state index < -0.39 is 0 Å². The molecular formula is C32H36N6OS. The molecule has 1 fully saturated rings. The van der Waals surface area contributed by atoms with E-state index in [2.05, 4.69) is 64.3 Å². The molecule has 7 nitrogen and oxygen atoms in total. The largest absolute Gasteiger partial charge is 0.354 e. The maximum absolute atomic E-state index is 12.5. The molecule has 2 aromatic heterocycles. The second-order valence-electron chi connectivity index (χ2n) is 10.1. The molecule has 0 spiro atoms. The predicted octanol–water partition coefficient (Wildman–Crippen LogP) is 5.08. The fourth-order valence-corrected chi connectivity index (χ4v) is 5.61. The van der Waals surface area contributed by atoms with E-state index in [-0.39, 0.29) is 5.91 Å². The van der Waals surface area contributed by atoms with Crippen molar-refractivity contribution in [1.82, 2.24) is 25.2 Å². The molecule has 1 N–H and O–H groups in total. The van der Waals surface area contributed by atoms with Crippen LogP contribution in [0.2, 0.25) is 0 Å². The van der Waals surface area contributed by atoms with Crippen LogP contribution in [0, 0.1) is 13.8 Å². The molecule has 0 saturated carbocycles. The topological polar surface area (TPSA) is 74.2 Å². The number of hydrogen-bond donors (Lipinski definition) is 1. The third kappa shape index (κ3) is 7.46. The Morgan fingerprint density at radius 2 is 1.62 bits per heavy atom. The highest BCUT2D eigenvalue weighted by molar-refractivity contribution is 7.98. The summed E-state index contributed by atoms with van der Waals surface area (Å²) in [4.78, 5) is 31.5. The maximum Gasteiger partial charge on any atom is 0.251 e. The lowest BCUT2D eigenvalue weighted by molar-refractivity contribution is 0.0954. The Balaban J connectivity index is 1.13. The van der Waals surface area contributed by atoms with Crippen LogP contribution in [0.4, 0.5) is 5.82 Å². The maximum atomic E-state index is 12.5. The van der Waals surface area contributed by atoms with E-state index in [0.717, 1.165) is 72.0 Å². The average molecular weight is 553 g/mol. The average Bonchev–Trinajstić information content (AvgIpc) is 2.99. The quantitative estimate of drug-likeness (QED) is 0.217. The summed E-state index contributed by atoms with van der Waals surface area (Å²) in [6.07, 6.45) is 2.48. The molecule has 0 unspecified atom stereocenters. The van der Waals surface area contributed by atoms with Gasteiger partial charge in [-0.2, -0.15) is 0 Å². The first-order valence-electron chi connectivity index (χ1n) is 13.8. The van der Waals surface area contributed by atoms with Crippen LogP contribution >= 0.6 is 11.8 Å². The van der Waals surface area contributed by atoms with Crippen LogP contribution in [-0.4, -0.2) is 58.5 Å². The second-order valence-corrected chi connectivity index (χ2v) is 11.0. The van der Waals surface area contributed by atoms with Gasteiger partial charge in [0.1, 0.15) is 5.82 Å². The van der Waals surface area contributed by atoms with Gasteiger partial charge in [-0.1, -0.05) is 60.3 Å². The number of carbonyl (C=O) groups is 1. The molecule has 3 heterocycles. The van der Waals surface area contributed by atoms with E-state index >= 15 is 0 Å². The summed E-state index contributed by atoms with van der Waals surface area (Å²) < 4.78 is 0. The highest BCUT2D eigenvalue weighted by Gasteiger charge is 2.21.